The van der Waals surface area contributed by atoms with Crippen LogP contribution in [0.25, 0.3) is 10.1 Å². The molecule has 0 aliphatic heterocycles. The summed E-state index contributed by atoms with van der Waals surface area (Å²) in [5.74, 6) is 0.138. The number of hydrogen-bond acceptors (Lipinski definition) is 6. The Morgan fingerprint density at radius 1 is 1.07 bits per heavy atom. The van der Waals surface area contributed by atoms with E-state index in [1.54, 1.807) is 6.07 Å². The van der Waals surface area contributed by atoms with Gasteiger partial charge in [0.25, 0.3) is 15.9 Å². The molecule has 0 saturated carbocycles. The summed E-state index contributed by atoms with van der Waals surface area (Å²) >= 11 is 4.44. The third-order valence-electron chi connectivity index (χ3n) is 3.83. The molecule has 0 bridgehead atoms. The van der Waals surface area contributed by atoms with Crippen LogP contribution in [0.15, 0.2) is 75.7 Å². The quantitative estimate of drug-likeness (QED) is 0.431. The van der Waals surface area contributed by atoms with Crippen molar-refractivity contribution in [3.05, 3.63) is 77.0 Å². The average molecular weight is 476 g/mol. The monoisotopic (exact) mass is 475 g/mol. The first-order valence-corrected chi connectivity index (χ1v) is 11.3. The summed E-state index contributed by atoms with van der Waals surface area (Å²) in [4.78, 5) is 8.35. The smallest absolute Gasteiger partial charge is 0.272 e. The summed E-state index contributed by atoms with van der Waals surface area (Å²) in [5.41, 5.74) is 0.933. The Bertz CT molecular complexity index is 1190. The maximum Gasteiger partial charge on any atom is 0.272 e. The van der Waals surface area contributed by atoms with Gasteiger partial charge in [-0.15, -0.1) is 11.3 Å². The second-order valence-corrected chi connectivity index (χ2v) is 9.64. The van der Waals surface area contributed by atoms with Crippen LogP contribution in [0.2, 0.25) is 0 Å². The van der Waals surface area contributed by atoms with Gasteiger partial charge in [0.15, 0.2) is 0 Å². The molecule has 0 saturated heterocycles. The molecule has 1 N–H and O–H groups in total. The molecule has 0 atom stereocenters. The van der Waals surface area contributed by atoms with E-state index in [1.165, 1.54) is 17.5 Å². The number of nitrogens with one attached hydrogen (secondary N) is 1. The van der Waals surface area contributed by atoms with Crippen molar-refractivity contribution in [2.24, 2.45) is 0 Å². The van der Waals surface area contributed by atoms with Gasteiger partial charge in [0.1, 0.15) is 15.4 Å². The van der Waals surface area contributed by atoms with Crippen molar-refractivity contribution < 1.29 is 13.2 Å². The third kappa shape index (κ3) is 4.16. The van der Waals surface area contributed by atoms with Crippen LogP contribution in [0.5, 0.6) is 5.88 Å². The van der Waals surface area contributed by atoms with E-state index in [1.807, 2.05) is 54.6 Å². The van der Waals surface area contributed by atoms with Crippen molar-refractivity contribution in [3.63, 3.8) is 0 Å². The Morgan fingerprint density at radius 3 is 2.61 bits per heavy atom. The van der Waals surface area contributed by atoms with Crippen molar-refractivity contribution >= 4 is 53.2 Å². The zero-order valence-corrected chi connectivity index (χ0v) is 17.6. The van der Waals surface area contributed by atoms with Crippen molar-refractivity contribution in [2.75, 3.05) is 4.72 Å². The van der Waals surface area contributed by atoms with Crippen LogP contribution in [0.1, 0.15) is 5.56 Å². The van der Waals surface area contributed by atoms with E-state index in [0.717, 1.165) is 15.6 Å². The molecule has 4 aromatic rings. The molecule has 0 fully saturated rings. The van der Waals surface area contributed by atoms with E-state index in [-0.39, 0.29) is 22.5 Å². The molecular weight excluding hydrogens is 462 g/mol. The first-order chi connectivity index (χ1) is 13.5. The van der Waals surface area contributed by atoms with Gasteiger partial charge in [0.2, 0.25) is 5.82 Å². The third-order valence-corrected chi connectivity index (χ3v) is 7.14. The number of ether oxygens (including phenoxy) is 1. The zero-order chi connectivity index (χ0) is 19.6. The SMILES string of the molecule is O=S(=O)(Nc1ncc(Br)nc1OCc1ccccc1)c1cc2ccccc2s1. The van der Waals surface area contributed by atoms with Crippen LogP contribution in [0.4, 0.5) is 5.82 Å². The number of hydrogen-bond donors (Lipinski definition) is 1. The summed E-state index contributed by atoms with van der Waals surface area (Å²) in [6.45, 7) is 0.240. The van der Waals surface area contributed by atoms with Crippen LogP contribution >= 0.6 is 27.3 Å². The molecule has 4 rings (SSSR count). The lowest BCUT2D eigenvalue weighted by Gasteiger charge is -2.11. The van der Waals surface area contributed by atoms with Gasteiger partial charge in [0.05, 0.1) is 6.20 Å². The van der Waals surface area contributed by atoms with Crippen LogP contribution in [-0.4, -0.2) is 18.4 Å². The summed E-state index contributed by atoms with van der Waals surface area (Å²) in [5, 5.41) is 0.871. The van der Waals surface area contributed by atoms with Crippen LogP contribution in [-0.2, 0) is 16.6 Å². The molecule has 9 heteroatoms. The maximum absolute atomic E-state index is 12.8. The summed E-state index contributed by atoms with van der Waals surface area (Å²) in [6.07, 6.45) is 1.41. The number of rotatable bonds is 6. The van der Waals surface area contributed by atoms with E-state index in [4.69, 9.17) is 4.74 Å². The van der Waals surface area contributed by atoms with Crippen molar-refractivity contribution in [2.45, 2.75) is 10.8 Å². The highest BCUT2D eigenvalue weighted by molar-refractivity contribution is 9.10. The highest BCUT2D eigenvalue weighted by atomic mass is 79.9. The normalized spacial score (nSPS) is 11.5. The molecule has 0 unspecified atom stereocenters. The van der Waals surface area contributed by atoms with E-state index < -0.39 is 10.0 Å². The second-order valence-electron chi connectivity index (χ2n) is 5.83. The minimum atomic E-state index is -3.82. The second kappa shape index (κ2) is 7.86. The molecule has 142 valence electrons. The fraction of sp³-hybridized carbons (Fsp3) is 0.0526. The lowest BCUT2D eigenvalue weighted by molar-refractivity contribution is 0.294. The van der Waals surface area contributed by atoms with Crippen molar-refractivity contribution in [1.29, 1.82) is 0 Å². The van der Waals surface area contributed by atoms with E-state index in [9.17, 15) is 8.42 Å². The first kappa shape index (κ1) is 18.9. The van der Waals surface area contributed by atoms with Gasteiger partial charge in [-0.3, -0.25) is 4.72 Å². The molecule has 2 aromatic heterocycles. The Labute approximate surface area is 174 Å². The largest absolute Gasteiger partial charge is 0.470 e. The lowest BCUT2D eigenvalue weighted by atomic mass is 10.2. The molecule has 0 aliphatic carbocycles. The predicted octanol–water partition coefficient (Wildman–Crippen LogP) is 4.83. The van der Waals surface area contributed by atoms with Gasteiger partial charge in [-0.25, -0.2) is 18.4 Å². The highest BCUT2D eigenvalue weighted by Gasteiger charge is 2.21. The molecule has 0 radical (unpaired) electrons. The number of fused-ring (bicyclic) bond motifs is 1. The number of benzene rings is 2. The molecule has 0 spiro atoms. The Hall–Kier alpha value is -2.49. The van der Waals surface area contributed by atoms with Gasteiger partial charge in [-0.2, -0.15) is 0 Å². The predicted molar refractivity (Wildman–Crippen MR) is 113 cm³/mol. The molecule has 0 amide bonds. The zero-order valence-electron chi connectivity index (χ0n) is 14.4. The van der Waals surface area contributed by atoms with Crippen LogP contribution < -0.4 is 9.46 Å². The first-order valence-electron chi connectivity index (χ1n) is 8.22. The fourth-order valence-electron chi connectivity index (χ4n) is 2.52. The number of anilines is 1. The standard InChI is InChI=1S/C19H14BrN3O3S2/c20-16-11-21-18(19(22-16)26-12-13-6-2-1-3-7-13)23-28(24,25)17-10-14-8-4-5-9-15(14)27-17/h1-11H,12H2,(H,21,23). The number of nitrogens with zero attached hydrogens (tertiary/aromatic N) is 2. The number of aromatic nitrogens is 2. The van der Waals surface area contributed by atoms with E-state index in [2.05, 4.69) is 30.6 Å². The van der Waals surface area contributed by atoms with Crippen molar-refractivity contribution in [3.8, 4) is 5.88 Å². The van der Waals surface area contributed by atoms with Gasteiger partial charge >= 0.3 is 0 Å². The number of sulfonamides is 1. The minimum absolute atomic E-state index is 0.0385. The summed E-state index contributed by atoms with van der Waals surface area (Å²) in [7, 11) is -3.82. The minimum Gasteiger partial charge on any atom is -0.470 e. The summed E-state index contributed by atoms with van der Waals surface area (Å²) < 4.78 is 35.4. The number of halogens is 1. The number of thiophene rings is 1. The van der Waals surface area contributed by atoms with E-state index >= 15 is 0 Å². The maximum atomic E-state index is 12.8. The summed E-state index contributed by atoms with van der Waals surface area (Å²) in [6, 6.07) is 18.7. The molecule has 2 heterocycles. The van der Waals surface area contributed by atoms with Crippen LogP contribution in [0.3, 0.4) is 0 Å². The molecule has 0 aliphatic rings. The van der Waals surface area contributed by atoms with Crippen LogP contribution in [0, 0.1) is 0 Å². The molecule has 6 nitrogen and oxygen atoms in total. The Kier molecular flexibility index (Phi) is 5.29. The lowest BCUT2D eigenvalue weighted by Crippen LogP contribution is -2.14. The molecular formula is C19H14BrN3O3S2. The Morgan fingerprint density at radius 2 is 1.82 bits per heavy atom. The van der Waals surface area contributed by atoms with Gasteiger partial charge in [0, 0.05) is 4.70 Å². The van der Waals surface area contributed by atoms with Crippen molar-refractivity contribution in [1.82, 2.24) is 9.97 Å². The van der Waals surface area contributed by atoms with Gasteiger partial charge < -0.3 is 4.74 Å². The average Bonchev–Trinajstić information content (AvgIpc) is 3.14. The molecule has 28 heavy (non-hydrogen) atoms. The molecule has 2 aromatic carbocycles. The Balaban J connectivity index is 1.61. The highest BCUT2D eigenvalue weighted by Crippen LogP contribution is 2.31. The van der Waals surface area contributed by atoms with Gasteiger partial charge in [-0.05, 0) is 39.0 Å². The fourth-order valence-corrected chi connectivity index (χ4v) is 5.18. The topological polar surface area (TPSA) is 81.2 Å². The van der Waals surface area contributed by atoms with Gasteiger partial charge in [-0.1, -0.05) is 48.5 Å². The van der Waals surface area contributed by atoms with E-state index in [0.29, 0.717) is 4.60 Å².